The Balaban J connectivity index is 4.74. The summed E-state index contributed by atoms with van der Waals surface area (Å²) in [5.41, 5.74) is 0. The lowest BCUT2D eigenvalue weighted by molar-refractivity contribution is -0.870. The lowest BCUT2D eigenvalue weighted by Crippen LogP contribution is -2.44. The first-order valence-corrected chi connectivity index (χ1v) is 18.6. The van der Waals surface area contributed by atoms with Gasteiger partial charge in [0.15, 0.2) is 12.4 Å². The van der Waals surface area contributed by atoms with Gasteiger partial charge in [0.1, 0.15) is 13.2 Å². The van der Waals surface area contributed by atoms with E-state index in [1.165, 1.54) is 6.42 Å². The number of esters is 2. The molecule has 0 rings (SSSR count). The van der Waals surface area contributed by atoms with Crippen LogP contribution in [0, 0.1) is 0 Å². The van der Waals surface area contributed by atoms with E-state index in [0.717, 1.165) is 64.2 Å². The molecule has 0 aromatic heterocycles. The molecule has 0 heterocycles. The third-order valence-corrected chi connectivity index (χ3v) is 7.20. The number of ether oxygens (including phenoxy) is 4. The smallest absolute Gasteiger partial charge is 0.310 e. The summed E-state index contributed by atoms with van der Waals surface area (Å²) >= 11 is 0. The molecule has 9 heteroatoms. The maximum atomic E-state index is 12.6. The van der Waals surface area contributed by atoms with Gasteiger partial charge in [0.2, 0.25) is 0 Å². The fraction of sp³-hybridized carbons (Fsp3) is 0.634. The Labute approximate surface area is 303 Å². The van der Waals surface area contributed by atoms with Crippen molar-refractivity contribution in [2.24, 2.45) is 0 Å². The van der Waals surface area contributed by atoms with Gasteiger partial charge in [0, 0.05) is 6.42 Å². The number of rotatable bonds is 32. The molecular formula is C41H67NO8. The van der Waals surface area contributed by atoms with Gasteiger partial charge in [-0.3, -0.25) is 9.59 Å². The van der Waals surface area contributed by atoms with Crippen molar-refractivity contribution in [2.45, 2.75) is 123 Å². The number of carboxylic acid groups (broad SMARTS) is 1. The number of allylic oxidation sites excluding steroid dienone is 11. The highest BCUT2D eigenvalue weighted by Gasteiger charge is 2.21. The zero-order valence-electron chi connectivity index (χ0n) is 31.7. The van der Waals surface area contributed by atoms with E-state index in [0.29, 0.717) is 23.9 Å². The van der Waals surface area contributed by atoms with Crippen LogP contribution >= 0.6 is 0 Å². The molecule has 0 spiro atoms. The predicted molar refractivity (Wildman–Crippen MR) is 200 cm³/mol. The van der Waals surface area contributed by atoms with Gasteiger partial charge in [-0.2, -0.15) is 0 Å². The van der Waals surface area contributed by atoms with Crippen molar-refractivity contribution < 1.29 is 42.9 Å². The monoisotopic (exact) mass is 701 g/mol. The summed E-state index contributed by atoms with van der Waals surface area (Å²) in [6.45, 7) is 4.38. The second-order valence-electron chi connectivity index (χ2n) is 13.1. The van der Waals surface area contributed by atoms with Gasteiger partial charge in [0.25, 0.3) is 0 Å². The quantitative estimate of drug-likeness (QED) is 0.0233. The highest BCUT2D eigenvalue weighted by Crippen LogP contribution is 2.10. The van der Waals surface area contributed by atoms with Crippen LogP contribution in [0.2, 0.25) is 0 Å². The maximum absolute atomic E-state index is 12.6. The van der Waals surface area contributed by atoms with Gasteiger partial charge in [-0.25, -0.2) is 0 Å². The van der Waals surface area contributed by atoms with Gasteiger partial charge in [-0.1, -0.05) is 112 Å². The molecule has 50 heavy (non-hydrogen) atoms. The first-order chi connectivity index (χ1) is 24.1. The average molecular weight is 702 g/mol. The molecule has 0 aliphatic rings. The number of nitrogens with zero attached hydrogens (tertiary/aromatic N) is 1. The van der Waals surface area contributed by atoms with Crippen molar-refractivity contribution in [1.82, 2.24) is 0 Å². The highest BCUT2D eigenvalue weighted by atomic mass is 16.7. The molecule has 0 fully saturated rings. The number of carbonyl (C=O) groups is 3. The second kappa shape index (κ2) is 32.9. The lowest BCUT2D eigenvalue weighted by Gasteiger charge is -2.26. The average Bonchev–Trinajstić information content (AvgIpc) is 3.06. The minimum atomic E-state index is -1.65. The van der Waals surface area contributed by atoms with Crippen LogP contribution in [0.3, 0.4) is 0 Å². The molecule has 284 valence electrons. The molecule has 0 radical (unpaired) electrons. The number of quaternary nitrogens is 1. The molecular weight excluding hydrogens is 634 g/mol. The van der Waals surface area contributed by atoms with E-state index < -0.39 is 30.3 Å². The Morgan fingerprint density at radius 3 is 1.78 bits per heavy atom. The Morgan fingerprint density at radius 1 is 0.640 bits per heavy atom. The molecule has 0 amide bonds. The van der Waals surface area contributed by atoms with E-state index >= 15 is 0 Å². The largest absolute Gasteiger partial charge is 0.545 e. The van der Waals surface area contributed by atoms with Crippen molar-refractivity contribution in [3.8, 4) is 0 Å². The third-order valence-electron chi connectivity index (χ3n) is 7.20. The number of hydrogen-bond acceptors (Lipinski definition) is 8. The van der Waals surface area contributed by atoms with Crippen LogP contribution in [0.5, 0.6) is 0 Å². The van der Waals surface area contributed by atoms with E-state index in [1.807, 2.05) is 33.3 Å². The number of carboxylic acids is 1. The fourth-order valence-corrected chi connectivity index (χ4v) is 4.32. The van der Waals surface area contributed by atoms with E-state index in [1.54, 1.807) is 6.08 Å². The molecule has 0 aromatic carbocycles. The standard InChI is InChI=1S/C41H67NO8/c1-6-8-10-12-14-16-18-19-20-21-22-24-26-28-30-32-39(44)50-37(36-49-41(40(45)46)47-34-33-42(3,4)5)35-48-38(43)31-29-27-25-23-17-15-13-11-9-7-2/h8,10-11,13-14,16,19-20,22,24,28,30,37,41H,6-7,9,12,15,17-18,21,23,25-27,29,31-36H2,1-5H3/b10-8-,13-11-,16-14-,20-19-,24-22-,30-28-. The van der Waals surface area contributed by atoms with Crippen molar-refractivity contribution in [3.63, 3.8) is 0 Å². The van der Waals surface area contributed by atoms with Gasteiger partial charge >= 0.3 is 11.9 Å². The van der Waals surface area contributed by atoms with E-state index in [9.17, 15) is 19.5 Å². The number of likely N-dealkylation sites (N-methyl/N-ethyl adjacent to an activating group) is 1. The fourth-order valence-electron chi connectivity index (χ4n) is 4.32. The molecule has 0 N–H and O–H groups in total. The molecule has 2 atom stereocenters. The van der Waals surface area contributed by atoms with Crippen LogP contribution in [-0.4, -0.2) is 82.3 Å². The van der Waals surface area contributed by atoms with Crippen LogP contribution in [0.25, 0.3) is 0 Å². The van der Waals surface area contributed by atoms with Crippen LogP contribution in [-0.2, 0) is 33.3 Å². The molecule has 0 aliphatic carbocycles. The third kappa shape index (κ3) is 33.2. The van der Waals surface area contributed by atoms with Gasteiger partial charge < -0.3 is 33.3 Å². The van der Waals surface area contributed by atoms with Crippen molar-refractivity contribution >= 4 is 17.9 Å². The lowest BCUT2D eigenvalue weighted by atomic mass is 10.1. The summed E-state index contributed by atoms with van der Waals surface area (Å²) in [6.07, 6.45) is 35.5. The molecule has 0 aliphatic heterocycles. The predicted octanol–water partition coefficient (Wildman–Crippen LogP) is 7.49. The number of carbonyl (C=O) groups excluding carboxylic acids is 3. The highest BCUT2D eigenvalue weighted by molar-refractivity contribution is 5.71. The Hall–Kier alpha value is -3.27. The molecule has 0 bridgehead atoms. The molecule has 2 unspecified atom stereocenters. The summed E-state index contributed by atoms with van der Waals surface area (Å²) in [4.78, 5) is 36.6. The van der Waals surface area contributed by atoms with Crippen molar-refractivity contribution in [2.75, 3.05) is 47.5 Å². The normalized spacial score (nSPS) is 13.9. The molecule has 0 saturated heterocycles. The zero-order chi connectivity index (χ0) is 37.1. The Morgan fingerprint density at radius 2 is 1.20 bits per heavy atom. The summed E-state index contributed by atoms with van der Waals surface area (Å²) in [6, 6.07) is 0. The van der Waals surface area contributed by atoms with E-state index in [2.05, 4.69) is 68.5 Å². The second-order valence-corrected chi connectivity index (χ2v) is 13.1. The van der Waals surface area contributed by atoms with Crippen LogP contribution in [0.15, 0.2) is 72.9 Å². The zero-order valence-corrected chi connectivity index (χ0v) is 31.7. The van der Waals surface area contributed by atoms with Crippen LogP contribution < -0.4 is 5.11 Å². The van der Waals surface area contributed by atoms with Crippen molar-refractivity contribution in [3.05, 3.63) is 72.9 Å². The first-order valence-electron chi connectivity index (χ1n) is 18.6. The van der Waals surface area contributed by atoms with E-state index in [-0.39, 0.29) is 32.7 Å². The SMILES string of the molecule is CC/C=C\C/C=C\C/C=C\C/C=C\C/C=C\CC(=O)OC(COC(=O)CCCCCCC/C=C\CCC)COC(OCC[N+](C)(C)C)C(=O)[O-]. The Bertz CT molecular complexity index is 1050. The van der Waals surface area contributed by atoms with Gasteiger partial charge in [0.05, 0.1) is 46.7 Å². The number of hydrogen-bond donors (Lipinski definition) is 0. The maximum Gasteiger partial charge on any atom is 0.310 e. The van der Waals surface area contributed by atoms with Gasteiger partial charge in [-0.15, -0.1) is 0 Å². The number of unbranched alkanes of at least 4 members (excludes halogenated alkanes) is 6. The summed E-state index contributed by atoms with van der Waals surface area (Å²) < 4.78 is 22.2. The van der Waals surface area contributed by atoms with E-state index in [4.69, 9.17) is 18.9 Å². The molecule has 9 nitrogen and oxygen atoms in total. The summed E-state index contributed by atoms with van der Waals surface area (Å²) in [7, 11) is 5.85. The topological polar surface area (TPSA) is 111 Å². The van der Waals surface area contributed by atoms with Gasteiger partial charge in [-0.05, 0) is 57.8 Å². The van der Waals surface area contributed by atoms with Crippen LogP contribution in [0.1, 0.15) is 110 Å². The minimum Gasteiger partial charge on any atom is -0.545 e. The summed E-state index contributed by atoms with van der Waals surface area (Å²) in [5, 5.41) is 11.6. The molecule has 0 aromatic rings. The molecule has 0 saturated carbocycles. The first kappa shape index (κ1) is 46.7. The minimum absolute atomic E-state index is 0.0102. The van der Waals surface area contributed by atoms with Crippen LogP contribution in [0.4, 0.5) is 0 Å². The van der Waals surface area contributed by atoms with Crippen molar-refractivity contribution in [1.29, 1.82) is 0 Å². The number of aliphatic carboxylic acids is 1. The Kier molecular flexibility index (Phi) is 30.8. The summed E-state index contributed by atoms with van der Waals surface area (Å²) in [5.74, 6) is -2.48.